The first-order valence-corrected chi connectivity index (χ1v) is 8.37. The van der Waals surface area contributed by atoms with Gasteiger partial charge in [0.05, 0.1) is 16.8 Å². The van der Waals surface area contributed by atoms with Crippen LogP contribution in [-0.2, 0) is 6.18 Å². The fraction of sp³-hybridized carbons (Fsp3) is 0.100. The van der Waals surface area contributed by atoms with E-state index in [9.17, 15) is 23.2 Å². The first-order chi connectivity index (χ1) is 13.8. The van der Waals surface area contributed by atoms with Crippen molar-refractivity contribution in [3.8, 4) is 6.07 Å². The highest BCUT2D eigenvalue weighted by molar-refractivity contribution is 6.03. The quantitative estimate of drug-likeness (QED) is 0.668. The number of halogens is 3. The number of aryl methyl sites for hydroxylation is 1. The first kappa shape index (κ1) is 19.8. The Bertz CT molecular complexity index is 1110. The normalized spacial score (nSPS) is 10.9. The monoisotopic (exact) mass is 397 g/mol. The number of anilines is 3. The lowest BCUT2D eigenvalue weighted by molar-refractivity contribution is -0.137. The number of para-hydroxylation sites is 1. The van der Waals surface area contributed by atoms with E-state index in [2.05, 4.69) is 20.6 Å². The minimum absolute atomic E-state index is 0.00887. The third kappa shape index (κ3) is 4.87. The van der Waals surface area contributed by atoms with E-state index in [1.165, 1.54) is 18.2 Å². The molecule has 146 valence electrons. The number of hydrogen-bond donors (Lipinski definition) is 2. The number of rotatable bonds is 4. The first-order valence-electron chi connectivity index (χ1n) is 8.37. The molecule has 2 N–H and O–H groups in total. The number of amides is 1. The Morgan fingerprint density at radius 1 is 1.07 bits per heavy atom. The van der Waals surface area contributed by atoms with Crippen molar-refractivity contribution < 1.29 is 18.0 Å². The average Bonchev–Trinajstić information content (AvgIpc) is 2.67. The Balaban J connectivity index is 1.84. The van der Waals surface area contributed by atoms with E-state index < -0.39 is 17.6 Å². The van der Waals surface area contributed by atoms with E-state index >= 15 is 0 Å². The van der Waals surface area contributed by atoms with Crippen molar-refractivity contribution in [2.24, 2.45) is 0 Å². The van der Waals surface area contributed by atoms with Crippen LogP contribution in [0.1, 0.15) is 27.4 Å². The van der Waals surface area contributed by atoms with Crippen LogP contribution in [0.15, 0.2) is 54.6 Å². The molecule has 0 aliphatic rings. The number of nitrogens with one attached hydrogen (secondary N) is 2. The minimum atomic E-state index is -4.52. The molecule has 3 aromatic rings. The molecule has 0 saturated heterocycles. The molecule has 6 nitrogen and oxygen atoms in total. The predicted molar refractivity (Wildman–Crippen MR) is 101 cm³/mol. The SMILES string of the molecule is Cc1nc(Nc2ccccc2C#N)cc(C(=O)Nc2cccc(C(F)(F)F)c2)n1. The zero-order valence-electron chi connectivity index (χ0n) is 15.1. The highest BCUT2D eigenvalue weighted by Crippen LogP contribution is 2.30. The van der Waals surface area contributed by atoms with Gasteiger partial charge in [0.2, 0.25) is 0 Å². The molecule has 2 aromatic carbocycles. The summed E-state index contributed by atoms with van der Waals surface area (Å²) in [6, 6.07) is 14.5. The summed E-state index contributed by atoms with van der Waals surface area (Å²) in [6.07, 6.45) is -4.52. The fourth-order valence-corrected chi connectivity index (χ4v) is 2.54. The molecule has 0 unspecified atom stereocenters. The molecule has 1 aromatic heterocycles. The lowest BCUT2D eigenvalue weighted by atomic mass is 10.2. The van der Waals surface area contributed by atoms with Gasteiger partial charge < -0.3 is 10.6 Å². The highest BCUT2D eigenvalue weighted by Gasteiger charge is 2.30. The van der Waals surface area contributed by atoms with E-state index in [4.69, 9.17) is 0 Å². The molecule has 29 heavy (non-hydrogen) atoms. The van der Waals surface area contributed by atoms with E-state index in [-0.39, 0.29) is 23.0 Å². The van der Waals surface area contributed by atoms with Gasteiger partial charge in [-0.15, -0.1) is 0 Å². The van der Waals surface area contributed by atoms with Crippen LogP contribution in [0.2, 0.25) is 0 Å². The van der Waals surface area contributed by atoms with Crippen molar-refractivity contribution in [3.05, 3.63) is 77.2 Å². The van der Waals surface area contributed by atoms with Gasteiger partial charge in [-0.3, -0.25) is 4.79 Å². The van der Waals surface area contributed by atoms with Crippen molar-refractivity contribution in [1.29, 1.82) is 5.26 Å². The summed E-state index contributed by atoms with van der Waals surface area (Å²) in [5.74, 6) is -0.139. The Kier molecular flexibility index (Phi) is 5.45. The van der Waals surface area contributed by atoms with Gasteiger partial charge in [-0.05, 0) is 37.3 Å². The number of carbonyl (C=O) groups excluding carboxylic acids is 1. The topological polar surface area (TPSA) is 90.7 Å². The maximum Gasteiger partial charge on any atom is 0.416 e. The fourth-order valence-electron chi connectivity index (χ4n) is 2.54. The van der Waals surface area contributed by atoms with Crippen LogP contribution in [-0.4, -0.2) is 15.9 Å². The maximum atomic E-state index is 12.8. The number of carbonyl (C=O) groups is 1. The van der Waals surface area contributed by atoms with Crippen LogP contribution in [0.4, 0.5) is 30.4 Å². The van der Waals surface area contributed by atoms with Gasteiger partial charge in [0.1, 0.15) is 23.4 Å². The van der Waals surface area contributed by atoms with Gasteiger partial charge in [-0.2, -0.15) is 18.4 Å². The Morgan fingerprint density at radius 2 is 1.83 bits per heavy atom. The molecule has 3 rings (SSSR count). The molecular formula is C20H14F3N5O. The van der Waals surface area contributed by atoms with Crippen molar-refractivity contribution in [3.63, 3.8) is 0 Å². The third-order valence-corrected chi connectivity index (χ3v) is 3.83. The van der Waals surface area contributed by atoms with Crippen molar-refractivity contribution in [2.75, 3.05) is 10.6 Å². The summed E-state index contributed by atoms with van der Waals surface area (Å²) >= 11 is 0. The van der Waals surface area contributed by atoms with Crippen LogP contribution in [0, 0.1) is 18.3 Å². The molecule has 1 amide bonds. The van der Waals surface area contributed by atoms with Gasteiger partial charge in [0.15, 0.2) is 0 Å². The van der Waals surface area contributed by atoms with Gasteiger partial charge in [-0.1, -0.05) is 18.2 Å². The molecule has 0 radical (unpaired) electrons. The van der Waals surface area contributed by atoms with Crippen LogP contribution in [0.3, 0.4) is 0 Å². The Hall–Kier alpha value is -3.93. The number of nitrogens with zero attached hydrogens (tertiary/aromatic N) is 3. The number of alkyl halides is 3. The molecule has 0 aliphatic heterocycles. The summed E-state index contributed by atoms with van der Waals surface area (Å²) in [4.78, 5) is 20.7. The number of nitriles is 1. The Labute approximate surface area is 164 Å². The van der Waals surface area contributed by atoms with E-state index in [1.807, 2.05) is 6.07 Å². The Morgan fingerprint density at radius 3 is 2.55 bits per heavy atom. The molecule has 0 bridgehead atoms. The van der Waals surface area contributed by atoms with Crippen LogP contribution < -0.4 is 10.6 Å². The molecule has 0 aliphatic carbocycles. The smallest absolute Gasteiger partial charge is 0.339 e. The van der Waals surface area contributed by atoms with Crippen molar-refractivity contribution in [1.82, 2.24) is 9.97 Å². The molecule has 0 spiro atoms. The standard InChI is InChI=1S/C20H14F3N5O/c1-12-25-17(10-18(26-12)28-16-8-3-2-5-13(16)11-24)19(29)27-15-7-4-6-14(9-15)20(21,22)23/h2-10H,1H3,(H,27,29)(H,25,26,28). The second-order valence-electron chi connectivity index (χ2n) is 6.00. The van der Waals surface area contributed by atoms with Gasteiger partial charge in [-0.25, -0.2) is 9.97 Å². The van der Waals surface area contributed by atoms with Crippen LogP contribution in [0.5, 0.6) is 0 Å². The molecule has 1 heterocycles. The number of benzene rings is 2. The summed E-state index contributed by atoms with van der Waals surface area (Å²) in [7, 11) is 0. The lowest BCUT2D eigenvalue weighted by Crippen LogP contribution is -2.16. The van der Waals surface area contributed by atoms with E-state index in [0.717, 1.165) is 12.1 Å². The number of hydrogen-bond acceptors (Lipinski definition) is 5. The minimum Gasteiger partial charge on any atom is -0.339 e. The van der Waals surface area contributed by atoms with Crippen molar-refractivity contribution >= 4 is 23.1 Å². The molecule has 0 atom stereocenters. The maximum absolute atomic E-state index is 12.8. The summed E-state index contributed by atoms with van der Waals surface area (Å²) < 4.78 is 38.5. The molecule has 9 heteroatoms. The predicted octanol–water partition coefficient (Wildman–Crippen LogP) is 4.67. The summed E-state index contributed by atoms with van der Waals surface area (Å²) in [5, 5.41) is 14.5. The largest absolute Gasteiger partial charge is 0.416 e. The van der Waals surface area contributed by atoms with Gasteiger partial charge in [0.25, 0.3) is 5.91 Å². The second-order valence-corrected chi connectivity index (χ2v) is 6.00. The van der Waals surface area contributed by atoms with Crippen molar-refractivity contribution in [2.45, 2.75) is 13.1 Å². The third-order valence-electron chi connectivity index (χ3n) is 3.83. The zero-order chi connectivity index (χ0) is 21.0. The summed E-state index contributed by atoms with van der Waals surface area (Å²) in [5.41, 5.74) is -0.0296. The summed E-state index contributed by atoms with van der Waals surface area (Å²) in [6.45, 7) is 1.57. The van der Waals surface area contributed by atoms with E-state index in [1.54, 1.807) is 31.2 Å². The van der Waals surface area contributed by atoms with E-state index in [0.29, 0.717) is 11.3 Å². The molecular weight excluding hydrogens is 383 g/mol. The molecule has 0 fully saturated rings. The van der Waals surface area contributed by atoms with Crippen LogP contribution in [0.25, 0.3) is 0 Å². The lowest BCUT2D eigenvalue weighted by Gasteiger charge is -2.11. The number of aromatic nitrogens is 2. The average molecular weight is 397 g/mol. The zero-order valence-corrected chi connectivity index (χ0v) is 15.1. The molecule has 0 saturated carbocycles. The van der Waals surface area contributed by atoms with Crippen LogP contribution >= 0.6 is 0 Å². The second kappa shape index (κ2) is 7.98. The van der Waals surface area contributed by atoms with Gasteiger partial charge >= 0.3 is 6.18 Å². The van der Waals surface area contributed by atoms with Gasteiger partial charge in [0, 0.05) is 11.8 Å². The highest BCUT2D eigenvalue weighted by atomic mass is 19.4.